The van der Waals surface area contributed by atoms with Crippen LogP contribution >= 0.6 is 15.9 Å². The molecule has 0 aliphatic carbocycles. The first-order valence-corrected chi connectivity index (χ1v) is 12.0. The minimum atomic E-state index is -0.505. The van der Waals surface area contributed by atoms with Crippen LogP contribution in [-0.2, 0) is 9.53 Å². The number of hydrogen-bond donors (Lipinski definition) is 0. The van der Waals surface area contributed by atoms with Gasteiger partial charge in [-0.05, 0) is 44.5 Å². The molecule has 0 aliphatic rings. The van der Waals surface area contributed by atoms with Gasteiger partial charge in [0, 0.05) is 32.6 Å². The fraction of sp³-hybridized carbons (Fsp3) is 0.308. The van der Waals surface area contributed by atoms with Crippen LogP contribution in [-0.4, -0.2) is 33.5 Å². The average molecular weight is 523 g/mol. The summed E-state index contributed by atoms with van der Waals surface area (Å²) in [4.78, 5) is 30.5. The van der Waals surface area contributed by atoms with Crippen molar-refractivity contribution >= 4 is 49.9 Å². The molecule has 4 rings (SSSR count). The Balaban J connectivity index is 1.94. The first kappa shape index (κ1) is 23.9. The van der Waals surface area contributed by atoms with Crippen LogP contribution in [0.3, 0.4) is 0 Å². The highest BCUT2D eigenvalue weighted by molar-refractivity contribution is 9.10. The fourth-order valence-corrected chi connectivity index (χ4v) is 4.61. The number of carbonyl (C=O) groups excluding carboxylic acids is 1. The lowest BCUT2D eigenvalue weighted by Crippen LogP contribution is -2.23. The molecule has 4 aromatic rings. The minimum Gasteiger partial charge on any atom is -0.467 e. The van der Waals surface area contributed by atoms with Crippen LogP contribution in [0.5, 0.6) is 0 Å². The number of aromatic nitrogens is 3. The third kappa shape index (κ3) is 4.07. The van der Waals surface area contributed by atoms with Crippen LogP contribution in [0.1, 0.15) is 56.2 Å². The zero-order valence-electron chi connectivity index (χ0n) is 19.9. The number of halogens is 1. The molecule has 0 bridgehead atoms. The normalized spacial score (nSPS) is 13.6. The van der Waals surface area contributed by atoms with E-state index in [4.69, 9.17) is 9.72 Å². The van der Waals surface area contributed by atoms with Crippen molar-refractivity contribution in [2.45, 2.75) is 46.1 Å². The molecule has 0 unspecified atom stereocenters. The van der Waals surface area contributed by atoms with E-state index >= 15 is 0 Å². The number of fused-ring (bicyclic) bond motifs is 2. The highest BCUT2D eigenvalue weighted by Gasteiger charge is 2.22. The van der Waals surface area contributed by atoms with Gasteiger partial charge in [0.1, 0.15) is 11.9 Å². The number of methoxy groups -OCH3 is 1. The number of hydrogen-bond acceptors (Lipinski definition) is 5. The van der Waals surface area contributed by atoms with Gasteiger partial charge in [-0.25, -0.2) is 9.78 Å². The van der Waals surface area contributed by atoms with Crippen molar-refractivity contribution in [1.29, 1.82) is 0 Å². The number of carbonyl (C=O) groups is 1. The molecule has 0 saturated carbocycles. The molecular formula is C26H27BrN4O3. The predicted octanol–water partition coefficient (Wildman–Crippen LogP) is 5.55. The van der Waals surface area contributed by atoms with Gasteiger partial charge in [0.05, 0.1) is 24.2 Å². The van der Waals surface area contributed by atoms with Crippen molar-refractivity contribution in [2.24, 2.45) is 5.10 Å². The van der Waals surface area contributed by atoms with Crippen LogP contribution in [0.2, 0.25) is 0 Å². The van der Waals surface area contributed by atoms with E-state index in [1.54, 1.807) is 12.3 Å². The Hall–Kier alpha value is -3.26. The molecule has 0 aliphatic heterocycles. The molecule has 0 N–H and O–H groups in total. The van der Waals surface area contributed by atoms with Gasteiger partial charge >= 0.3 is 5.97 Å². The summed E-state index contributed by atoms with van der Waals surface area (Å²) in [6.45, 7) is 7.84. The molecule has 2 atom stereocenters. The Morgan fingerprint density at radius 1 is 1.21 bits per heavy atom. The zero-order chi connectivity index (χ0) is 24.6. The van der Waals surface area contributed by atoms with Crippen LogP contribution < -0.4 is 5.56 Å². The fourth-order valence-electron chi connectivity index (χ4n) is 4.25. The predicted molar refractivity (Wildman–Crippen MR) is 139 cm³/mol. The maximum Gasteiger partial charge on any atom is 0.328 e. The van der Waals surface area contributed by atoms with E-state index in [2.05, 4.69) is 28.0 Å². The van der Waals surface area contributed by atoms with Crippen LogP contribution in [0, 0.1) is 6.92 Å². The molecule has 8 heteroatoms. The monoisotopic (exact) mass is 522 g/mol. The molecule has 2 aromatic carbocycles. The molecular weight excluding hydrogens is 496 g/mol. The molecule has 2 heterocycles. The molecule has 0 saturated heterocycles. The molecule has 0 spiro atoms. The van der Waals surface area contributed by atoms with Gasteiger partial charge in [-0.15, -0.1) is 0 Å². The second kappa shape index (κ2) is 9.54. The van der Waals surface area contributed by atoms with E-state index in [9.17, 15) is 9.59 Å². The summed E-state index contributed by atoms with van der Waals surface area (Å²) in [7, 11) is 1.39. The lowest BCUT2D eigenvalue weighted by molar-refractivity contribution is -0.143. The molecule has 0 amide bonds. The first-order chi connectivity index (χ1) is 16.3. The SMILES string of the molecule is CC[C@@H](C)c1nc2ccc(Br)cc2c(=O)n1N=Cc1c(C)n([C@@H](C)C(=O)OC)c2ccccc12. The number of benzene rings is 2. The Morgan fingerprint density at radius 2 is 1.94 bits per heavy atom. The summed E-state index contributed by atoms with van der Waals surface area (Å²) in [5, 5.41) is 6.08. The van der Waals surface area contributed by atoms with Crippen molar-refractivity contribution in [2.75, 3.05) is 7.11 Å². The number of rotatable bonds is 6. The quantitative estimate of drug-likeness (QED) is 0.245. The number of para-hydroxylation sites is 1. The lowest BCUT2D eigenvalue weighted by atomic mass is 10.1. The Labute approximate surface area is 206 Å². The maximum absolute atomic E-state index is 13.5. The van der Waals surface area contributed by atoms with Crippen LogP contribution in [0.15, 0.2) is 56.8 Å². The van der Waals surface area contributed by atoms with Gasteiger partial charge in [-0.2, -0.15) is 9.78 Å². The number of nitrogens with zero attached hydrogens (tertiary/aromatic N) is 4. The van der Waals surface area contributed by atoms with Gasteiger partial charge in [0.15, 0.2) is 0 Å². The summed E-state index contributed by atoms with van der Waals surface area (Å²) in [5.74, 6) is 0.328. The first-order valence-electron chi connectivity index (χ1n) is 11.2. The van der Waals surface area contributed by atoms with E-state index in [1.807, 2.05) is 61.7 Å². The van der Waals surface area contributed by atoms with Crippen molar-refractivity contribution in [1.82, 2.24) is 14.2 Å². The van der Waals surface area contributed by atoms with Crippen LogP contribution in [0.25, 0.3) is 21.8 Å². The highest BCUT2D eigenvalue weighted by atomic mass is 79.9. The average Bonchev–Trinajstić information content (AvgIpc) is 3.13. The largest absolute Gasteiger partial charge is 0.467 e. The molecule has 0 radical (unpaired) electrons. The summed E-state index contributed by atoms with van der Waals surface area (Å²) in [6, 6.07) is 12.8. The zero-order valence-corrected chi connectivity index (χ0v) is 21.5. The standard InChI is InChI=1S/C26H27BrN4O3/c1-6-15(2)24-29-22-12-11-18(27)13-20(22)25(32)31(24)28-14-21-16(3)30(17(4)26(33)34-5)23-10-8-7-9-19(21)23/h7-15,17H,6H2,1-5H3/t15-,17+/m1/s1. The Kier molecular flexibility index (Phi) is 6.70. The summed E-state index contributed by atoms with van der Waals surface area (Å²) in [6.07, 6.45) is 2.51. The minimum absolute atomic E-state index is 0.0414. The number of esters is 1. The summed E-state index contributed by atoms with van der Waals surface area (Å²) >= 11 is 3.44. The van der Waals surface area contributed by atoms with Gasteiger partial charge in [0.25, 0.3) is 5.56 Å². The van der Waals surface area contributed by atoms with Crippen molar-refractivity contribution in [3.63, 3.8) is 0 Å². The molecule has 176 valence electrons. The number of ether oxygens (including phenoxy) is 1. The molecule has 7 nitrogen and oxygen atoms in total. The van der Waals surface area contributed by atoms with E-state index < -0.39 is 6.04 Å². The second-order valence-electron chi connectivity index (χ2n) is 8.39. The third-order valence-electron chi connectivity index (χ3n) is 6.32. The van der Waals surface area contributed by atoms with Gasteiger partial charge in [-0.1, -0.05) is 48.0 Å². The smallest absolute Gasteiger partial charge is 0.328 e. The van der Waals surface area contributed by atoms with E-state index in [1.165, 1.54) is 11.8 Å². The van der Waals surface area contributed by atoms with Crippen molar-refractivity contribution in [3.8, 4) is 0 Å². The van der Waals surface area contributed by atoms with Crippen LogP contribution in [0.4, 0.5) is 0 Å². The topological polar surface area (TPSA) is 78.5 Å². The third-order valence-corrected chi connectivity index (χ3v) is 6.82. The second-order valence-corrected chi connectivity index (χ2v) is 9.30. The lowest BCUT2D eigenvalue weighted by Gasteiger charge is -2.15. The van der Waals surface area contributed by atoms with Gasteiger partial charge < -0.3 is 9.30 Å². The highest BCUT2D eigenvalue weighted by Crippen LogP contribution is 2.29. The van der Waals surface area contributed by atoms with Gasteiger partial charge in [0.2, 0.25) is 0 Å². The van der Waals surface area contributed by atoms with E-state index in [-0.39, 0.29) is 17.4 Å². The Bertz CT molecular complexity index is 1490. The van der Waals surface area contributed by atoms with Crippen molar-refractivity contribution in [3.05, 3.63) is 74.4 Å². The molecule has 0 fully saturated rings. The summed E-state index contributed by atoms with van der Waals surface area (Å²) < 4.78 is 9.13. The molecule has 34 heavy (non-hydrogen) atoms. The Morgan fingerprint density at radius 3 is 2.65 bits per heavy atom. The maximum atomic E-state index is 13.5. The molecule has 2 aromatic heterocycles. The van der Waals surface area contributed by atoms with Crippen molar-refractivity contribution < 1.29 is 9.53 Å². The van der Waals surface area contributed by atoms with Gasteiger partial charge in [-0.3, -0.25) is 4.79 Å². The van der Waals surface area contributed by atoms with E-state index in [0.717, 1.165) is 33.1 Å². The summed E-state index contributed by atoms with van der Waals surface area (Å²) in [5.41, 5.74) is 3.02. The van der Waals surface area contributed by atoms with E-state index in [0.29, 0.717) is 16.7 Å².